The molecule has 2 N–H and O–H groups in total. The molecule has 1 saturated heterocycles. The van der Waals surface area contributed by atoms with Gasteiger partial charge in [0.05, 0.1) is 18.8 Å². The highest BCUT2D eigenvalue weighted by atomic mass is 79.9. The van der Waals surface area contributed by atoms with Gasteiger partial charge in [-0.05, 0) is 41.0 Å². The summed E-state index contributed by atoms with van der Waals surface area (Å²) >= 11 is 3.37. The number of benzene rings is 1. The number of halogens is 1. The van der Waals surface area contributed by atoms with Crippen molar-refractivity contribution in [3.63, 3.8) is 0 Å². The van der Waals surface area contributed by atoms with Crippen LogP contribution >= 0.6 is 15.9 Å². The largest absolute Gasteiger partial charge is 0.332 e. The van der Waals surface area contributed by atoms with E-state index < -0.39 is 0 Å². The van der Waals surface area contributed by atoms with Gasteiger partial charge in [0.1, 0.15) is 0 Å². The van der Waals surface area contributed by atoms with Gasteiger partial charge in [0.2, 0.25) is 11.8 Å². The van der Waals surface area contributed by atoms with Gasteiger partial charge in [-0.15, -0.1) is 0 Å². The maximum atomic E-state index is 11.9. The Morgan fingerprint density at radius 2 is 2.21 bits per heavy atom. The lowest BCUT2D eigenvalue weighted by Gasteiger charge is -2.19. The zero-order valence-electron chi connectivity index (χ0n) is 10.5. The number of hydrogen-bond donors (Lipinski definition) is 2. The quantitative estimate of drug-likeness (QED) is 0.878. The first-order valence-corrected chi connectivity index (χ1v) is 6.99. The molecular formula is C13H16BrN3O2. The third-order valence-corrected chi connectivity index (χ3v) is 3.58. The van der Waals surface area contributed by atoms with Crippen LogP contribution in [0, 0.1) is 0 Å². The standard InChI is InChI=1S/C13H16BrN3O2/c14-10-4-1-2-5-11(10)16-12(18)9-17-7-3-6-15-8-13(17)19/h1-2,4-5,15H,3,6-9H2,(H,16,18). The molecule has 2 amide bonds. The molecule has 5 nitrogen and oxygen atoms in total. The van der Waals surface area contributed by atoms with Gasteiger partial charge in [-0.1, -0.05) is 12.1 Å². The Labute approximate surface area is 120 Å². The van der Waals surface area contributed by atoms with Crippen molar-refractivity contribution in [2.24, 2.45) is 0 Å². The molecular weight excluding hydrogens is 310 g/mol. The molecule has 0 unspecified atom stereocenters. The summed E-state index contributed by atoms with van der Waals surface area (Å²) in [5, 5.41) is 5.83. The summed E-state index contributed by atoms with van der Waals surface area (Å²) in [6.07, 6.45) is 0.869. The molecule has 1 heterocycles. The Bertz CT molecular complexity index is 479. The molecule has 0 radical (unpaired) electrons. The van der Waals surface area contributed by atoms with Gasteiger partial charge in [0, 0.05) is 11.0 Å². The maximum Gasteiger partial charge on any atom is 0.244 e. The minimum atomic E-state index is -0.179. The number of anilines is 1. The van der Waals surface area contributed by atoms with Gasteiger partial charge in [0.15, 0.2) is 0 Å². The Balaban J connectivity index is 1.93. The van der Waals surface area contributed by atoms with Crippen LogP contribution < -0.4 is 10.6 Å². The lowest BCUT2D eigenvalue weighted by Crippen LogP contribution is -2.40. The summed E-state index contributed by atoms with van der Waals surface area (Å²) < 4.78 is 0.826. The van der Waals surface area contributed by atoms with Crippen molar-refractivity contribution in [1.29, 1.82) is 0 Å². The number of carbonyl (C=O) groups is 2. The first-order valence-electron chi connectivity index (χ1n) is 6.19. The number of para-hydroxylation sites is 1. The summed E-state index contributed by atoms with van der Waals surface area (Å²) in [5.41, 5.74) is 0.716. The van der Waals surface area contributed by atoms with Gasteiger partial charge in [0.25, 0.3) is 0 Å². The van der Waals surface area contributed by atoms with E-state index in [4.69, 9.17) is 0 Å². The number of hydrogen-bond acceptors (Lipinski definition) is 3. The Morgan fingerprint density at radius 1 is 1.42 bits per heavy atom. The number of amides is 2. The smallest absolute Gasteiger partial charge is 0.244 e. The Hall–Kier alpha value is -1.40. The highest BCUT2D eigenvalue weighted by Crippen LogP contribution is 2.21. The molecule has 1 aliphatic rings. The van der Waals surface area contributed by atoms with Crippen LogP contribution in [0.15, 0.2) is 28.7 Å². The maximum absolute atomic E-state index is 11.9. The number of rotatable bonds is 3. The van der Waals surface area contributed by atoms with Crippen LogP contribution in [0.25, 0.3) is 0 Å². The monoisotopic (exact) mass is 325 g/mol. The van der Waals surface area contributed by atoms with Gasteiger partial charge in [-0.3, -0.25) is 9.59 Å². The molecule has 1 aliphatic heterocycles. The Morgan fingerprint density at radius 3 is 3.00 bits per heavy atom. The average Bonchev–Trinajstić information content (AvgIpc) is 2.58. The fourth-order valence-electron chi connectivity index (χ4n) is 1.92. The van der Waals surface area contributed by atoms with Crippen molar-refractivity contribution in [1.82, 2.24) is 10.2 Å². The highest BCUT2D eigenvalue weighted by Gasteiger charge is 2.19. The lowest BCUT2D eigenvalue weighted by molar-refractivity contribution is -0.133. The molecule has 19 heavy (non-hydrogen) atoms. The normalized spacial score (nSPS) is 16.1. The van der Waals surface area contributed by atoms with E-state index in [2.05, 4.69) is 26.6 Å². The molecule has 6 heteroatoms. The van der Waals surface area contributed by atoms with Crippen molar-refractivity contribution >= 4 is 33.4 Å². The van der Waals surface area contributed by atoms with E-state index in [1.807, 2.05) is 24.3 Å². The zero-order valence-corrected chi connectivity index (χ0v) is 12.1. The molecule has 1 aromatic rings. The third-order valence-electron chi connectivity index (χ3n) is 2.89. The minimum Gasteiger partial charge on any atom is -0.332 e. The van der Waals surface area contributed by atoms with Crippen molar-refractivity contribution < 1.29 is 9.59 Å². The molecule has 0 aliphatic carbocycles. The Kier molecular flexibility index (Phi) is 4.93. The fourth-order valence-corrected chi connectivity index (χ4v) is 2.30. The van der Waals surface area contributed by atoms with Gasteiger partial charge in [-0.25, -0.2) is 0 Å². The molecule has 1 aromatic carbocycles. The molecule has 0 spiro atoms. The van der Waals surface area contributed by atoms with E-state index in [1.165, 1.54) is 0 Å². The van der Waals surface area contributed by atoms with E-state index in [0.29, 0.717) is 18.8 Å². The molecule has 0 saturated carbocycles. The second-order valence-electron chi connectivity index (χ2n) is 4.37. The van der Waals surface area contributed by atoms with Crippen molar-refractivity contribution in [2.45, 2.75) is 6.42 Å². The zero-order chi connectivity index (χ0) is 13.7. The minimum absolute atomic E-state index is 0.0280. The van der Waals surface area contributed by atoms with Crippen molar-refractivity contribution in [3.05, 3.63) is 28.7 Å². The van der Waals surface area contributed by atoms with Crippen LogP contribution in [-0.4, -0.2) is 42.9 Å². The average molecular weight is 326 g/mol. The summed E-state index contributed by atoms with van der Waals surface area (Å²) in [6, 6.07) is 7.40. The number of nitrogens with zero attached hydrogens (tertiary/aromatic N) is 1. The van der Waals surface area contributed by atoms with Crippen LogP contribution in [0.1, 0.15) is 6.42 Å². The molecule has 0 bridgehead atoms. The first-order chi connectivity index (χ1) is 9.16. The summed E-state index contributed by atoms with van der Waals surface area (Å²) in [7, 11) is 0. The van der Waals surface area contributed by atoms with Gasteiger partial charge in [-0.2, -0.15) is 0 Å². The van der Waals surface area contributed by atoms with E-state index >= 15 is 0 Å². The molecule has 0 atom stereocenters. The predicted octanol–water partition coefficient (Wildman–Crippen LogP) is 1.21. The lowest BCUT2D eigenvalue weighted by atomic mass is 10.3. The molecule has 2 rings (SSSR count). The highest BCUT2D eigenvalue weighted by molar-refractivity contribution is 9.10. The van der Waals surface area contributed by atoms with E-state index in [0.717, 1.165) is 17.4 Å². The van der Waals surface area contributed by atoms with E-state index in [9.17, 15) is 9.59 Å². The van der Waals surface area contributed by atoms with Crippen molar-refractivity contribution in [2.75, 3.05) is 31.5 Å². The molecule has 1 fully saturated rings. The van der Waals surface area contributed by atoms with Crippen LogP contribution in [0.5, 0.6) is 0 Å². The van der Waals surface area contributed by atoms with Crippen LogP contribution in [0.3, 0.4) is 0 Å². The number of carbonyl (C=O) groups excluding carboxylic acids is 2. The van der Waals surface area contributed by atoms with Crippen LogP contribution in [-0.2, 0) is 9.59 Å². The molecule has 0 aromatic heterocycles. The third kappa shape index (κ3) is 4.04. The fraction of sp³-hybridized carbons (Fsp3) is 0.385. The van der Waals surface area contributed by atoms with E-state index in [-0.39, 0.29) is 18.4 Å². The SMILES string of the molecule is O=C(CN1CCCNCC1=O)Nc1ccccc1Br. The molecule has 102 valence electrons. The second-order valence-corrected chi connectivity index (χ2v) is 5.23. The predicted molar refractivity (Wildman–Crippen MR) is 76.8 cm³/mol. The van der Waals surface area contributed by atoms with Crippen molar-refractivity contribution in [3.8, 4) is 0 Å². The summed E-state index contributed by atoms with van der Waals surface area (Å²) in [6.45, 7) is 1.84. The van der Waals surface area contributed by atoms with E-state index in [1.54, 1.807) is 4.90 Å². The number of nitrogens with one attached hydrogen (secondary N) is 2. The van der Waals surface area contributed by atoms with Crippen LogP contribution in [0.4, 0.5) is 5.69 Å². The summed E-state index contributed by atoms with van der Waals surface area (Å²) in [4.78, 5) is 25.3. The second kappa shape index (κ2) is 6.68. The topological polar surface area (TPSA) is 61.4 Å². The van der Waals surface area contributed by atoms with Crippen LogP contribution in [0.2, 0.25) is 0 Å². The summed E-state index contributed by atoms with van der Waals surface area (Å²) in [5.74, 6) is -0.207. The van der Waals surface area contributed by atoms with Gasteiger partial charge < -0.3 is 15.5 Å². The first kappa shape index (κ1) is 14.0. The van der Waals surface area contributed by atoms with Gasteiger partial charge >= 0.3 is 0 Å².